The summed E-state index contributed by atoms with van der Waals surface area (Å²) in [7, 11) is 0. The monoisotopic (exact) mass is 310 g/mol. The smallest absolute Gasteiger partial charge is 0.277 e. The maximum absolute atomic E-state index is 12.8. The van der Waals surface area contributed by atoms with E-state index in [1.807, 2.05) is 13.0 Å². The van der Waals surface area contributed by atoms with Crippen molar-refractivity contribution in [3.05, 3.63) is 36.3 Å². The van der Waals surface area contributed by atoms with Crippen molar-refractivity contribution in [2.24, 2.45) is 0 Å². The van der Waals surface area contributed by atoms with Crippen LogP contribution in [0.3, 0.4) is 0 Å². The van der Waals surface area contributed by atoms with Crippen LogP contribution in [0.15, 0.2) is 29.9 Å². The largest absolute Gasteiger partial charge is 0.319 e. The number of hydrogen-bond acceptors (Lipinski definition) is 5. The predicted octanol–water partition coefficient (Wildman–Crippen LogP) is 2.57. The lowest BCUT2D eigenvalue weighted by Gasteiger charge is -2.08. The van der Waals surface area contributed by atoms with E-state index in [4.69, 9.17) is 0 Å². The zero-order valence-corrected chi connectivity index (χ0v) is 12.0. The summed E-state index contributed by atoms with van der Waals surface area (Å²) in [6.07, 6.45) is 4.96. The number of aryl methyl sites for hydroxylation is 1. The number of hydrogen-bond donors (Lipinski definition) is 0. The van der Waals surface area contributed by atoms with E-state index in [9.17, 15) is 8.78 Å². The molecule has 0 fully saturated rings. The molecule has 0 amide bonds. The molecule has 0 aliphatic rings. The van der Waals surface area contributed by atoms with E-state index in [0.29, 0.717) is 22.4 Å². The molecule has 0 aliphatic heterocycles. The molecule has 0 aromatic carbocycles. The molecule has 3 aromatic heterocycles. The molecular formula is C12H12F2N6S. The highest BCUT2D eigenvalue weighted by molar-refractivity contribution is 7.98. The molecule has 9 heteroatoms. The minimum absolute atomic E-state index is 0.296. The molecule has 0 bridgehead atoms. The quantitative estimate of drug-likeness (QED) is 0.535. The zero-order valence-electron chi connectivity index (χ0n) is 11.1. The summed E-state index contributed by atoms with van der Waals surface area (Å²) >= 11 is 1.33. The summed E-state index contributed by atoms with van der Waals surface area (Å²) in [6.45, 7) is -0.597. The van der Waals surface area contributed by atoms with Gasteiger partial charge in [0.25, 0.3) is 0 Å². The third kappa shape index (κ3) is 2.73. The molecule has 3 heterocycles. The van der Waals surface area contributed by atoms with Crippen LogP contribution in [-0.4, -0.2) is 29.1 Å². The van der Waals surface area contributed by atoms with Crippen LogP contribution in [0, 0.1) is 0 Å². The predicted molar refractivity (Wildman–Crippen MR) is 73.2 cm³/mol. The first-order valence-corrected chi connectivity index (χ1v) is 7.30. The van der Waals surface area contributed by atoms with Gasteiger partial charge >= 0.3 is 6.55 Å². The minimum Gasteiger partial charge on any atom is -0.277 e. The average molecular weight is 310 g/mol. The molecular weight excluding hydrogens is 298 g/mol. The van der Waals surface area contributed by atoms with Crippen molar-refractivity contribution in [3.63, 3.8) is 0 Å². The van der Waals surface area contributed by atoms with E-state index in [1.54, 1.807) is 10.7 Å². The van der Waals surface area contributed by atoms with Crippen molar-refractivity contribution in [2.75, 3.05) is 0 Å². The van der Waals surface area contributed by atoms with Gasteiger partial charge in [0.05, 0.1) is 5.75 Å². The Kier molecular flexibility index (Phi) is 3.82. The molecule has 0 radical (unpaired) electrons. The highest BCUT2D eigenvalue weighted by Gasteiger charge is 2.13. The first kappa shape index (κ1) is 13.9. The SMILES string of the molecule is CCc1cc2nncn2c(SCc2nccn2C(F)F)n1. The summed E-state index contributed by atoms with van der Waals surface area (Å²) in [5.74, 6) is 0.602. The summed E-state index contributed by atoms with van der Waals surface area (Å²) in [4.78, 5) is 8.44. The zero-order chi connectivity index (χ0) is 14.8. The fraction of sp³-hybridized carbons (Fsp3) is 0.333. The molecule has 0 unspecified atom stereocenters. The number of nitrogens with zero attached hydrogens (tertiary/aromatic N) is 6. The first-order valence-electron chi connectivity index (χ1n) is 6.31. The molecule has 3 aromatic rings. The van der Waals surface area contributed by atoms with Crippen LogP contribution in [0.5, 0.6) is 0 Å². The lowest BCUT2D eigenvalue weighted by Crippen LogP contribution is -2.03. The van der Waals surface area contributed by atoms with Crippen LogP contribution in [-0.2, 0) is 12.2 Å². The van der Waals surface area contributed by atoms with Crippen LogP contribution >= 0.6 is 11.8 Å². The molecule has 0 saturated heterocycles. The Bertz CT molecular complexity index is 753. The van der Waals surface area contributed by atoms with Crippen LogP contribution < -0.4 is 0 Å². The molecule has 21 heavy (non-hydrogen) atoms. The number of imidazole rings is 1. The summed E-state index contributed by atoms with van der Waals surface area (Å²) in [6, 6.07) is 1.86. The molecule has 110 valence electrons. The number of thioether (sulfide) groups is 1. The number of rotatable bonds is 5. The molecule has 0 N–H and O–H groups in total. The normalized spacial score (nSPS) is 11.6. The average Bonchev–Trinajstić information content (AvgIpc) is 3.12. The minimum atomic E-state index is -2.59. The Morgan fingerprint density at radius 2 is 2.24 bits per heavy atom. The van der Waals surface area contributed by atoms with Crippen molar-refractivity contribution in [2.45, 2.75) is 30.8 Å². The maximum Gasteiger partial charge on any atom is 0.319 e. The third-order valence-corrected chi connectivity index (χ3v) is 3.92. The Morgan fingerprint density at radius 3 is 3.00 bits per heavy atom. The number of fused-ring (bicyclic) bond motifs is 1. The van der Waals surface area contributed by atoms with Gasteiger partial charge in [-0.05, 0) is 6.42 Å². The topological polar surface area (TPSA) is 60.9 Å². The molecule has 0 saturated carbocycles. The fourth-order valence-electron chi connectivity index (χ4n) is 1.89. The lowest BCUT2D eigenvalue weighted by molar-refractivity contribution is 0.0678. The van der Waals surface area contributed by atoms with Gasteiger partial charge in [0.15, 0.2) is 10.8 Å². The van der Waals surface area contributed by atoms with Crippen molar-refractivity contribution in [1.29, 1.82) is 0 Å². The van der Waals surface area contributed by atoms with Gasteiger partial charge in [-0.1, -0.05) is 18.7 Å². The molecule has 0 atom stereocenters. The second-order valence-corrected chi connectivity index (χ2v) is 5.20. The first-order chi connectivity index (χ1) is 10.2. The molecule has 0 spiro atoms. The van der Waals surface area contributed by atoms with Crippen LogP contribution in [0.25, 0.3) is 5.65 Å². The highest BCUT2D eigenvalue weighted by atomic mass is 32.2. The van der Waals surface area contributed by atoms with Crippen LogP contribution in [0.1, 0.15) is 25.0 Å². The Morgan fingerprint density at radius 1 is 1.38 bits per heavy atom. The van der Waals surface area contributed by atoms with Gasteiger partial charge in [0.2, 0.25) is 0 Å². The van der Waals surface area contributed by atoms with E-state index < -0.39 is 6.55 Å². The van der Waals surface area contributed by atoms with E-state index in [2.05, 4.69) is 20.2 Å². The van der Waals surface area contributed by atoms with Crippen molar-refractivity contribution in [1.82, 2.24) is 29.1 Å². The van der Waals surface area contributed by atoms with Gasteiger partial charge in [0, 0.05) is 24.2 Å². The van der Waals surface area contributed by atoms with Gasteiger partial charge in [-0.25, -0.2) is 9.97 Å². The van der Waals surface area contributed by atoms with Gasteiger partial charge in [-0.15, -0.1) is 10.2 Å². The highest BCUT2D eigenvalue weighted by Crippen LogP contribution is 2.23. The van der Waals surface area contributed by atoms with E-state index in [-0.39, 0.29) is 0 Å². The fourth-order valence-corrected chi connectivity index (χ4v) is 2.84. The van der Waals surface area contributed by atoms with E-state index in [1.165, 1.54) is 24.2 Å². The van der Waals surface area contributed by atoms with E-state index >= 15 is 0 Å². The van der Waals surface area contributed by atoms with Crippen molar-refractivity contribution in [3.8, 4) is 0 Å². The van der Waals surface area contributed by atoms with Gasteiger partial charge in [0.1, 0.15) is 12.2 Å². The third-order valence-electron chi connectivity index (χ3n) is 2.97. The Labute approximate surface area is 123 Å². The van der Waals surface area contributed by atoms with E-state index in [0.717, 1.165) is 16.7 Å². The summed E-state index contributed by atoms with van der Waals surface area (Å²) < 4.78 is 28.1. The van der Waals surface area contributed by atoms with Gasteiger partial charge in [-0.2, -0.15) is 8.78 Å². The van der Waals surface area contributed by atoms with Crippen molar-refractivity contribution >= 4 is 17.4 Å². The molecule has 6 nitrogen and oxygen atoms in total. The second kappa shape index (κ2) is 5.76. The molecule has 0 aliphatic carbocycles. The van der Waals surface area contributed by atoms with Gasteiger partial charge in [-0.3, -0.25) is 8.97 Å². The maximum atomic E-state index is 12.8. The Hall–Kier alpha value is -2.03. The van der Waals surface area contributed by atoms with Crippen LogP contribution in [0.4, 0.5) is 8.78 Å². The number of alkyl halides is 2. The molecule has 3 rings (SSSR count). The lowest BCUT2D eigenvalue weighted by atomic mass is 10.3. The summed E-state index contributed by atoms with van der Waals surface area (Å²) in [5, 5.41) is 8.51. The van der Waals surface area contributed by atoms with Crippen molar-refractivity contribution < 1.29 is 8.78 Å². The van der Waals surface area contributed by atoms with Crippen LogP contribution in [0.2, 0.25) is 0 Å². The number of halogens is 2. The standard InChI is InChI=1S/C12H12F2N6S/c1-2-8-5-9-18-16-7-20(9)12(17-8)21-6-10-15-3-4-19(10)11(13)14/h3-5,7,11H,2,6H2,1H3. The Balaban J connectivity index is 1.87. The second-order valence-electron chi connectivity index (χ2n) is 4.26. The van der Waals surface area contributed by atoms with Gasteiger partial charge < -0.3 is 0 Å². The number of aromatic nitrogens is 6. The summed E-state index contributed by atoms with van der Waals surface area (Å²) in [5.41, 5.74) is 1.58.